The van der Waals surface area contributed by atoms with Crippen LogP contribution in [0.5, 0.6) is 0 Å². The molecule has 1 aliphatic rings. The number of hydrogen-bond donors (Lipinski definition) is 0. The van der Waals surface area contributed by atoms with Crippen molar-refractivity contribution in [2.45, 2.75) is 6.42 Å². The Balaban J connectivity index is 2.28. The first-order valence-electron chi connectivity index (χ1n) is 5.39. The average Bonchev–Trinajstić information content (AvgIpc) is 2.71. The summed E-state index contributed by atoms with van der Waals surface area (Å²) in [5, 5.41) is -1.04. The van der Waals surface area contributed by atoms with E-state index < -0.39 is 16.4 Å². The maximum absolute atomic E-state index is 11.8. The molecule has 1 fully saturated rings. The van der Waals surface area contributed by atoms with E-state index in [-0.39, 0.29) is 29.5 Å². The van der Waals surface area contributed by atoms with Crippen LogP contribution in [-0.2, 0) is 9.59 Å². The highest BCUT2D eigenvalue weighted by molar-refractivity contribution is 6.68. The zero-order valence-electron chi connectivity index (χ0n) is 9.53. The average molecular weight is 321 g/mol. The Morgan fingerprint density at radius 1 is 1.26 bits per heavy atom. The lowest BCUT2D eigenvalue weighted by Gasteiger charge is -2.16. The summed E-state index contributed by atoms with van der Waals surface area (Å²) in [5.41, 5.74) is 0.681. The Morgan fingerprint density at radius 2 is 1.95 bits per heavy atom. The van der Waals surface area contributed by atoms with Crippen LogP contribution in [0.4, 0.5) is 5.69 Å². The predicted molar refractivity (Wildman–Crippen MR) is 73.0 cm³/mol. The molecule has 1 atom stereocenters. The number of anilines is 1. The molecule has 0 bridgehead atoms. The lowest BCUT2D eigenvalue weighted by molar-refractivity contribution is -0.120. The molecule has 2 rings (SSSR count). The summed E-state index contributed by atoms with van der Waals surface area (Å²) in [5.74, 6) is -0.720. The monoisotopic (exact) mass is 319 g/mol. The first kappa shape index (κ1) is 14.3. The van der Waals surface area contributed by atoms with Gasteiger partial charge in [-0.3, -0.25) is 14.4 Å². The van der Waals surface area contributed by atoms with Crippen LogP contribution in [-0.4, -0.2) is 22.9 Å². The predicted octanol–water partition coefficient (Wildman–Crippen LogP) is 2.84. The summed E-state index contributed by atoms with van der Waals surface area (Å²) < 4.78 is 0. The van der Waals surface area contributed by atoms with Gasteiger partial charge >= 0.3 is 0 Å². The number of hydrogen-bond acceptors (Lipinski definition) is 3. The fourth-order valence-corrected chi connectivity index (χ4v) is 2.56. The normalized spacial score (nSPS) is 18.8. The maximum atomic E-state index is 11.8. The third-order valence-electron chi connectivity index (χ3n) is 2.92. The zero-order chi connectivity index (χ0) is 14.2. The Hall–Kier alpha value is -1.10. The van der Waals surface area contributed by atoms with E-state index in [1.165, 1.54) is 17.0 Å². The molecule has 1 aromatic carbocycles. The molecule has 0 saturated carbocycles. The molecule has 1 amide bonds. The zero-order valence-corrected chi connectivity index (χ0v) is 11.8. The number of rotatable bonds is 3. The van der Waals surface area contributed by atoms with Gasteiger partial charge in [-0.25, -0.2) is 0 Å². The number of amides is 1. The van der Waals surface area contributed by atoms with E-state index >= 15 is 0 Å². The number of carbonyl (C=O) groups is 3. The fraction of sp³-hybridized carbons (Fsp3) is 0.250. The van der Waals surface area contributed by atoms with Crippen LogP contribution in [0.15, 0.2) is 18.2 Å². The molecule has 1 aromatic rings. The molecule has 7 heteroatoms. The molecule has 0 aromatic heterocycles. The minimum Gasteiger partial charge on any atom is -0.312 e. The quantitative estimate of drug-likeness (QED) is 0.805. The largest absolute Gasteiger partial charge is 0.312 e. The highest BCUT2D eigenvalue weighted by Gasteiger charge is 2.34. The number of nitrogens with zero attached hydrogens (tertiary/aromatic N) is 1. The molecule has 1 aliphatic heterocycles. The number of halogens is 3. The molecule has 0 N–H and O–H groups in total. The molecule has 0 aliphatic carbocycles. The van der Waals surface area contributed by atoms with E-state index in [1.54, 1.807) is 6.07 Å². The third kappa shape index (κ3) is 2.91. The number of carbonyl (C=O) groups excluding carboxylic acids is 3. The summed E-state index contributed by atoms with van der Waals surface area (Å²) in [4.78, 5) is 35.3. The first-order valence-corrected chi connectivity index (χ1v) is 6.52. The molecule has 4 nitrogen and oxygen atoms in total. The van der Waals surface area contributed by atoms with Crippen LogP contribution in [0, 0.1) is 5.92 Å². The van der Waals surface area contributed by atoms with Crippen LogP contribution < -0.4 is 4.90 Å². The molecule has 19 heavy (non-hydrogen) atoms. The molecule has 100 valence electrons. The molecule has 0 unspecified atom stereocenters. The highest BCUT2D eigenvalue weighted by atomic mass is 35.5. The highest BCUT2D eigenvalue weighted by Crippen LogP contribution is 2.30. The van der Waals surface area contributed by atoms with Crippen molar-refractivity contribution >= 4 is 56.9 Å². The van der Waals surface area contributed by atoms with Crippen molar-refractivity contribution in [1.82, 2.24) is 0 Å². The minimum atomic E-state index is -0.668. The van der Waals surface area contributed by atoms with E-state index in [1.807, 2.05) is 0 Å². The minimum absolute atomic E-state index is 0.0795. The molecular weight excluding hydrogens is 312 g/mol. The van der Waals surface area contributed by atoms with Gasteiger partial charge in [-0.2, -0.15) is 0 Å². The summed E-state index contributed by atoms with van der Waals surface area (Å²) in [6.07, 6.45) is 0.0795. The van der Waals surface area contributed by atoms with E-state index in [2.05, 4.69) is 0 Å². The van der Waals surface area contributed by atoms with Crippen LogP contribution >= 0.6 is 34.8 Å². The van der Waals surface area contributed by atoms with Crippen LogP contribution in [0.3, 0.4) is 0 Å². The van der Waals surface area contributed by atoms with Gasteiger partial charge in [0.15, 0.2) is 0 Å². The maximum Gasteiger partial charge on any atom is 0.253 e. The second kappa shape index (κ2) is 5.49. The second-order valence-electron chi connectivity index (χ2n) is 4.15. The van der Waals surface area contributed by atoms with E-state index in [9.17, 15) is 14.4 Å². The fourth-order valence-electron chi connectivity index (χ4n) is 1.94. The van der Waals surface area contributed by atoms with Gasteiger partial charge in [-0.1, -0.05) is 11.6 Å². The van der Waals surface area contributed by atoms with Gasteiger partial charge in [0.25, 0.3) is 5.24 Å². The van der Waals surface area contributed by atoms with Crippen molar-refractivity contribution < 1.29 is 14.4 Å². The van der Waals surface area contributed by atoms with Crippen molar-refractivity contribution in [2.24, 2.45) is 5.92 Å². The van der Waals surface area contributed by atoms with Crippen molar-refractivity contribution in [3.8, 4) is 0 Å². The van der Waals surface area contributed by atoms with Gasteiger partial charge in [0, 0.05) is 18.7 Å². The van der Waals surface area contributed by atoms with Crippen LogP contribution in [0.1, 0.15) is 16.8 Å². The van der Waals surface area contributed by atoms with Gasteiger partial charge in [-0.05, 0) is 41.4 Å². The Labute approximate surface area is 124 Å². The molecule has 1 heterocycles. The van der Waals surface area contributed by atoms with Crippen molar-refractivity contribution in [2.75, 3.05) is 11.4 Å². The molecule has 1 saturated heterocycles. The van der Waals surface area contributed by atoms with E-state index in [0.29, 0.717) is 5.69 Å². The van der Waals surface area contributed by atoms with Crippen molar-refractivity contribution in [3.05, 3.63) is 28.8 Å². The van der Waals surface area contributed by atoms with Crippen LogP contribution in [0.2, 0.25) is 5.02 Å². The number of benzene rings is 1. The van der Waals surface area contributed by atoms with Gasteiger partial charge in [0.1, 0.15) is 0 Å². The lowest BCUT2D eigenvalue weighted by atomic mass is 10.1. The van der Waals surface area contributed by atoms with Gasteiger partial charge < -0.3 is 4.90 Å². The molecule has 0 radical (unpaired) electrons. The Kier molecular flexibility index (Phi) is 4.13. The third-order valence-corrected chi connectivity index (χ3v) is 3.75. The first-order chi connectivity index (χ1) is 8.90. The summed E-state index contributed by atoms with van der Waals surface area (Å²) in [7, 11) is 0. The Morgan fingerprint density at radius 3 is 2.42 bits per heavy atom. The molecular formula is C12H8Cl3NO3. The standard InChI is InChI=1S/C12H8Cl3NO3/c13-9-4-7(1-2-8(9)12(15)19)16-5-6(11(14)18)3-10(16)17/h1-2,4,6H,3,5H2/t6-/m1/s1. The lowest BCUT2D eigenvalue weighted by Crippen LogP contribution is -2.25. The van der Waals surface area contributed by atoms with Gasteiger partial charge in [-0.15, -0.1) is 0 Å². The summed E-state index contributed by atoms with van der Waals surface area (Å²) >= 11 is 16.7. The van der Waals surface area contributed by atoms with Gasteiger partial charge in [0.2, 0.25) is 11.1 Å². The van der Waals surface area contributed by atoms with E-state index in [4.69, 9.17) is 34.8 Å². The van der Waals surface area contributed by atoms with Crippen molar-refractivity contribution in [3.63, 3.8) is 0 Å². The van der Waals surface area contributed by atoms with Gasteiger partial charge in [0.05, 0.1) is 16.5 Å². The second-order valence-corrected chi connectivity index (χ2v) is 5.27. The SMILES string of the molecule is O=C(Cl)c1ccc(N2C[C@H](C(=O)Cl)CC2=O)cc1Cl. The van der Waals surface area contributed by atoms with E-state index in [0.717, 1.165) is 0 Å². The molecule has 0 spiro atoms. The topological polar surface area (TPSA) is 54.5 Å². The summed E-state index contributed by atoms with van der Waals surface area (Å²) in [6.45, 7) is 0.214. The van der Waals surface area contributed by atoms with Crippen molar-refractivity contribution in [1.29, 1.82) is 0 Å². The smallest absolute Gasteiger partial charge is 0.253 e. The Bertz CT molecular complexity index is 573. The van der Waals surface area contributed by atoms with Crippen LogP contribution in [0.25, 0.3) is 0 Å². The summed E-state index contributed by atoms with van der Waals surface area (Å²) in [6, 6.07) is 4.47.